The Labute approximate surface area is 131 Å². The highest BCUT2D eigenvalue weighted by molar-refractivity contribution is 5.43. The van der Waals surface area contributed by atoms with Gasteiger partial charge in [-0.2, -0.15) is 0 Å². The topological polar surface area (TPSA) is 50.7 Å². The minimum atomic E-state index is 0.204. The quantitative estimate of drug-likeness (QED) is 0.840. The van der Waals surface area contributed by atoms with Crippen molar-refractivity contribution in [3.63, 3.8) is 0 Å². The maximum Gasteiger partial charge on any atom is 0.160 e. The minimum Gasteiger partial charge on any atom is -0.504 e. The van der Waals surface area contributed by atoms with Crippen LogP contribution in [-0.2, 0) is 11.2 Å². The number of hydrogen-bond acceptors (Lipinski definition) is 4. The molecule has 118 valence electrons. The third kappa shape index (κ3) is 2.97. The molecule has 0 aromatic heterocycles. The molecule has 1 heterocycles. The van der Waals surface area contributed by atoms with Gasteiger partial charge in [0.05, 0.1) is 20.0 Å². The summed E-state index contributed by atoms with van der Waals surface area (Å²) < 4.78 is 10.5. The highest BCUT2D eigenvalue weighted by Crippen LogP contribution is 2.33. The first kappa shape index (κ1) is 15.0. The zero-order chi connectivity index (χ0) is 15.5. The summed E-state index contributed by atoms with van der Waals surface area (Å²) in [5.74, 6) is 1.81. The number of hydrogen-bond donors (Lipinski definition) is 2. The maximum atomic E-state index is 9.94. The van der Waals surface area contributed by atoms with E-state index in [9.17, 15) is 5.11 Å². The highest BCUT2D eigenvalue weighted by Gasteiger charge is 2.25. The summed E-state index contributed by atoms with van der Waals surface area (Å²) in [6, 6.07) is 5.99. The van der Waals surface area contributed by atoms with Crippen LogP contribution in [0.4, 0.5) is 0 Å². The van der Waals surface area contributed by atoms with Crippen molar-refractivity contribution in [2.24, 2.45) is 0 Å². The number of benzene rings is 1. The Morgan fingerprint density at radius 3 is 2.86 bits per heavy atom. The number of phenolic OH excluding ortho intramolecular Hbond substituents is 1. The van der Waals surface area contributed by atoms with Crippen LogP contribution in [0.2, 0.25) is 0 Å². The fourth-order valence-electron chi connectivity index (χ4n) is 3.37. The third-order valence-corrected chi connectivity index (χ3v) is 4.57. The van der Waals surface area contributed by atoms with E-state index >= 15 is 0 Å². The molecule has 0 saturated carbocycles. The molecule has 1 aromatic carbocycles. The van der Waals surface area contributed by atoms with Crippen LogP contribution in [0.15, 0.2) is 41.2 Å². The molecular formula is C18H23NO3. The van der Waals surface area contributed by atoms with E-state index in [0.717, 1.165) is 43.6 Å². The van der Waals surface area contributed by atoms with Crippen LogP contribution < -0.4 is 10.1 Å². The Bertz CT molecular complexity index is 619. The molecule has 0 unspecified atom stereocenters. The Morgan fingerprint density at radius 1 is 1.27 bits per heavy atom. The standard InChI is InChI=1S/C18H23NO3/c1-21-14-4-5-15-13(11-14)7-8-19-16(15)9-12-3-6-18(22-2)17(20)10-12/h3-4,6,10,16,19-20H,5,7-9,11H2,1-2H3/t16-/m1/s1. The molecule has 2 aliphatic rings. The van der Waals surface area contributed by atoms with Crippen molar-refractivity contribution in [3.05, 3.63) is 46.7 Å². The zero-order valence-electron chi connectivity index (χ0n) is 13.2. The van der Waals surface area contributed by atoms with E-state index < -0.39 is 0 Å². The molecule has 0 amide bonds. The van der Waals surface area contributed by atoms with Crippen LogP contribution in [0, 0.1) is 0 Å². The van der Waals surface area contributed by atoms with Crippen molar-refractivity contribution in [1.82, 2.24) is 5.32 Å². The lowest BCUT2D eigenvalue weighted by Crippen LogP contribution is -2.39. The SMILES string of the molecule is COC1=CCC2=C(CCN[C@@H]2Cc2ccc(OC)c(O)c2)C1. The molecule has 2 N–H and O–H groups in total. The number of ether oxygens (including phenoxy) is 2. The predicted octanol–water partition coefficient (Wildman–Crippen LogP) is 2.93. The lowest BCUT2D eigenvalue weighted by Gasteiger charge is -2.32. The van der Waals surface area contributed by atoms with Gasteiger partial charge in [-0.05, 0) is 55.2 Å². The highest BCUT2D eigenvalue weighted by atomic mass is 16.5. The van der Waals surface area contributed by atoms with Crippen molar-refractivity contribution in [2.75, 3.05) is 20.8 Å². The monoisotopic (exact) mass is 301 g/mol. The summed E-state index contributed by atoms with van der Waals surface area (Å²) in [7, 11) is 3.31. The molecule has 1 aliphatic carbocycles. The van der Waals surface area contributed by atoms with Crippen LogP contribution in [-0.4, -0.2) is 31.9 Å². The summed E-state index contributed by atoms with van der Waals surface area (Å²) in [4.78, 5) is 0. The lowest BCUT2D eigenvalue weighted by atomic mass is 9.83. The van der Waals surface area contributed by atoms with Gasteiger partial charge in [0.1, 0.15) is 0 Å². The Balaban J connectivity index is 1.76. The summed E-state index contributed by atoms with van der Waals surface area (Å²) in [5, 5.41) is 13.5. The van der Waals surface area contributed by atoms with Gasteiger partial charge in [0.15, 0.2) is 11.5 Å². The van der Waals surface area contributed by atoms with Crippen molar-refractivity contribution < 1.29 is 14.6 Å². The molecule has 0 radical (unpaired) electrons. The normalized spacial score (nSPS) is 21.2. The number of methoxy groups -OCH3 is 2. The Morgan fingerprint density at radius 2 is 2.14 bits per heavy atom. The zero-order valence-corrected chi connectivity index (χ0v) is 13.2. The molecule has 0 spiro atoms. The minimum absolute atomic E-state index is 0.204. The van der Waals surface area contributed by atoms with Crippen molar-refractivity contribution in [2.45, 2.75) is 31.7 Å². The van der Waals surface area contributed by atoms with Crippen LogP contribution in [0.3, 0.4) is 0 Å². The van der Waals surface area contributed by atoms with Crippen LogP contribution in [0.25, 0.3) is 0 Å². The molecule has 3 rings (SSSR count). The molecule has 22 heavy (non-hydrogen) atoms. The van der Waals surface area contributed by atoms with Gasteiger partial charge in [-0.15, -0.1) is 0 Å². The summed E-state index contributed by atoms with van der Waals surface area (Å²) >= 11 is 0. The molecular weight excluding hydrogens is 278 g/mol. The molecule has 4 heteroatoms. The van der Waals surface area contributed by atoms with Gasteiger partial charge >= 0.3 is 0 Å². The largest absolute Gasteiger partial charge is 0.504 e. The fourth-order valence-corrected chi connectivity index (χ4v) is 3.37. The molecule has 1 aliphatic heterocycles. The van der Waals surface area contributed by atoms with Crippen molar-refractivity contribution in [1.29, 1.82) is 0 Å². The maximum absolute atomic E-state index is 9.94. The van der Waals surface area contributed by atoms with Crippen molar-refractivity contribution in [3.8, 4) is 11.5 Å². The third-order valence-electron chi connectivity index (χ3n) is 4.57. The summed E-state index contributed by atoms with van der Waals surface area (Å²) in [5.41, 5.74) is 4.12. The van der Waals surface area contributed by atoms with Gasteiger partial charge in [-0.3, -0.25) is 0 Å². The number of rotatable bonds is 4. The van der Waals surface area contributed by atoms with E-state index in [2.05, 4.69) is 11.4 Å². The van der Waals surface area contributed by atoms with E-state index in [1.807, 2.05) is 12.1 Å². The molecule has 4 nitrogen and oxygen atoms in total. The van der Waals surface area contributed by atoms with Crippen LogP contribution >= 0.6 is 0 Å². The van der Waals surface area contributed by atoms with Gasteiger partial charge in [-0.1, -0.05) is 11.6 Å². The molecule has 0 bridgehead atoms. The van der Waals surface area contributed by atoms with Crippen LogP contribution in [0.1, 0.15) is 24.8 Å². The average Bonchev–Trinajstić information content (AvgIpc) is 2.55. The van der Waals surface area contributed by atoms with E-state index in [4.69, 9.17) is 9.47 Å². The molecule has 0 fully saturated rings. The van der Waals surface area contributed by atoms with Gasteiger partial charge in [0, 0.05) is 12.5 Å². The molecule has 0 saturated heterocycles. The van der Waals surface area contributed by atoms with Gasteiger partial charge in [0.2, 0.25) is 0 Å². The van der Waals surface area contributed by atoms with Crippen molar-refractivity contribution >= 4 is 0 Å². The molecule has 1 atom stereocenters. The average molecular weight is 301 g/mol. The molecule has 1 aromatic rings. The predicted molar refractivity (Wildman–Crippen MR) is 86.1 cm³/mol. The van der Waals surface area contributed by atoms with E-state index in [1.165, 1.54) is 11.1 Å². The second kappa shape index (κ2) is 6.44. The fraction of sp³-hybridized carbons (Fsp3) is 0.444. The number of nitrogens with one attached hydrogen (secondary N) is 1. The lowest BCUT2D eigenvalue weighted by molar-refractivity contribution is 0.276. The first-order chi connectivity index (χ1) is 10.7. The number of aromatic hydroxyl groups is 1. The first-order valence-electron chi connectivity index (χ1n) is 7.74. The summed E-state index contributed by atoms with van der Waals surface area (Å²) in [6.45, 7) is 1.00. The van der Waals surface area contributed by atoms with Gasteiger partial charge in [0.25, 0.3) is 0 Å². The summed E-state index contributed by atoms with van der Waals surface area (Å²) in [6.07, 6.45) is 6.06. The number of phenols is 1. The second-order valence-corrected chi connectivity index (χ2v) is 5.85. The van der Waals surface area contributed by atoms with E-state index in [-0.39, 0.29) is 5.75 Å². The van der Waals surface area contributed by atoms with Gasteiger partial charge < -0.3 is 19.9 Å². The second-order valence-electron chi connectivity index (χ2n) is 5.85. The number of allylic oxidation sites excluding steroid dienone is 2. The smallest absolute Gasteiger partial charge is 0.160 e. The van der Waals surface area contributed by atoms with Crippen LogP contribution in [0.5, 0.6) is 11.5 Å². The van der Waals surface area contributed by atoms with E-state index in [0.29, 0.717) is 11.8 Å². The Hall–Kier alpha value is -1.94. The van der Waals surface area contributed by atoms with E-state index in [1.54, 1.807) is 20.3 Å². The van der Waals surface area contributed by atoms with Gasteiger partial charge in [-0.25, -0.2) is 0 Å². The first-order valence-corrected chi connectivity index (χ1v) is 7.74. The Kier molecular flexibility index (Phi) is 4.39.